The summed E-state index contributed by atoms with van der Waals surface area (Å²) in [5.41, 5.74) is 0.869. The van der Waals surface area contributed by atoms with E-state index in [1.54, 1.807) is 6.07 Å². The number of hydrogen-bond donors (Lipinski definition) is 0. The van der Waals surface area contributed by atoms with E-state index in [2.05, 4.69) is 4.74 Å². The molecule has 2 fully saturated rings. The summed E-state index contributed by atoms with van der Waals surface area (Å²) in [6, 6.07) is 4.36. The van der Waals surface area contributed by atoms with Gasteiger partial charge in [0.2, 0.25) is 0 Å². The Bertz CT molecular complexity index is 575. The molecule has 28 heavy (non-hydrogen) atoms. The molecule has 1 aromatic carbocycles. The Kier molecular flexibility index (Phi) is 8.54. The van der Waals surface area contributed by atoms with Gasteiger partial charge < -0.3 is 4.74 Å². The summed E-state index contributed by atoms with van der Waals surface area (Å²) in [4.78, 5) is 0. The number of hydrogen-bond acceptors (Lipinski definition) is 1. The molecule has 2 aliphatic carbocycles. The maximum atomic E-state index is 13.8. The minimum absolute atomic E-state index is 0.368. The highest BCUT2D eigenvalue weighted by Gasteiger charge is 2.21. The Balaban J connectivity index is 1.29. The molecule has 0 amide bonds. The molecule has 0 heterocycles. The van der Waals surface area contributed by atoms with Gasteiger partial charge in [-0.1, -0.05) is 83.1 Å². The van der Waals surface area contributed by atoms with Crippen molar-refractivity contribution in [1.82, 2.24) is 0 Å². The fourth-order valence-electron chi connectivity index (χ4n) is 5.24. The van der Waals surface area contributed by atoms with Crippen molar-refractivity contribution in [3.8, 4) is 5.75 Å². The first-order valence-electron chi connectivity index (χ1n) is 11.3. The summed E-state index contributed by atoms with van der Waals surface area (Å²) in [5, 5.41) is 0. The number of aryl methyl sites for hydroxylation is 1. The average molecular weight is 397 g/mol. The van der Waals surface area contributed by atoms with E-state index >= 15 is 0 Å². The minimum atomic E-state index is -2.99. The van der Waals surface area contributed by atoms with Gasteiger partial charge in [0.15, 0.2) is 11.6 Å². The molecule has 158 valence electrons. The molecule has 2 aliphatic rings. The van der Waals surface area contributed by atoms with Gasteiger partial charge in [0.05, 0.1) is 0 Å². The van der Waals surface area contributed by atoms with Crippen LogP contribution >= 0.6 is 0 Å². The Morgan fingerprint density at radius 1 is 0.821 bits per heavy atom. The predicted octanol–water partition coefficient (Wildman–Crippen LogP) is 7.92. The number of alkyl halides is 2. The van der Waals surface area contributed by atoms with Gasteiger partial charge in [0, 0.05) is 0 Å². The van der Waals surface area contributed by atoms with Gasteiger partial charge in [0.1, 0.15) is 0 Å². The highest BCUT2D eigenvalue weighted by atomic mass is 19.3. The zero-order chi connectivity index (χ0) is 19.8. The van der Waals surface area contributed by atoms with Crippen molar-refractivity contribution < 1.29 is 17.9 Å². The van der Waals surface area contributed by atoms with E-state index in [0.717, 1.165) is 36.2 Å². The Morgan fingerprint density at radius 2 is 1.39 bits per heavy atom. The van der Waals surface area contributed by atoms with Gasteiger partial charge in [-0.2, -0.15) is 8.78 Å². The smallest absolute Gasteiger partial charge is 0.387 e. The predicted molar refractivity (Wildman–Crippen MR) is 107 cm³/mol. The molecule has 3 rings (SSSR count). The van der Waals surface area contributed by atoms with Crippen molar-refractivity contribution in [2.24, 2.45) is 17.8 Å². The summed E-state index contributed by atoms with van der Waals surface area (Å²) < 4.78 is 42.4. The number of benzene rings is 1. The monoisotopic (exact) mass is 396 g/mol. The fraction of sp³-hybridized carbons (Fsp3) is 0.750. The SMILES string of the molecule is Fc1cc(CCC2CCC(CCCCC3CCCC3)CC2)ccc1OC(F)F. The molecule has 0 saturated heterocycles. The van der Waals surface area contributed by atoms with Crippen LogP contribution in [0.5, 0.6) is 5.75 Å². The van der Waals surface area contributed by atoms with Crippen LogP contribution < -0.4 is 4.74 Å². The third kappa shape index (κ3) is 7.00. The lowest BCUT2D eigenvalue weighted by atomic mass is 9.77. The van der Waals surface area contributed by atoms with Crippen molar-refractivity contribution in [3.63, 3.8) is 0 Å². The van der Waals surface area contributed by atoms with Crippen LogP contribution in [0.2, 0.25) is 0 Å². The van der Waals surface area contributed by atoms with E-state index < -0.39 is 12.4 Å². The zero-order valence-electron chi connectivity index (χ0n) is 17.0. The zero-order valence-corrected chi connectivity index (χ0v) is 17.0. The third-order valence-corrected chi connectivity index (χ3v) is 6.97. The van der Waals surface area contributed by atoms with Crippen LogP contribution in [-0.2, 0) is 6.42 Å². The normalized spacial score (nSPS) is 23.4. The van der Waals surface area contributed by atoms with Gasteiger partial charge >= 0.3 is 6.61 Å². The number of halogens is 3. The molecule has 0 unspecified atom stereocenters. The van der Waals surface area contributed by atoms with Crippen LogP contribution in [0.4, 0.5) is 13.2 Å². The first-order valence-corrected chi connectivity index (χ1v) is 11.3. The molecular weight excluding hydrogens is 361 g/mol. The summed E-state index contributed by atoms with van der Waals surface area (Å²) >= 11 is 0. The summed E-state index contributed by atoms with van der Waals surface area (Å²) in [5.74, 6) is 1.58. The molecule has 0 aliphatic heterocycles. The quantitative estimate of drug-likeness (QED) is 0.365. The lowest BCUT2D eigenvalue weighted by molar-refractivity contribution is -0.0522. The third-order valence-electron chi connectivity index (χ3n) is 6.97. The molecule has 2 saturated carbocycles. The van der Waals surface area contributed by atoms with E-state index in [9.17, 15) is 13.2 Å². The van der Waals surface area contributed by atoms with Crippen LogP contribution in [0, 0.1) is 23.6 Å². The highest BCUT2D eigenvalue weighted by Crippen LogP contribution is 2.35. The second-order valence-electron chi connectivity index (χ2n) is 9.00. The molecule has 0 bridgehead atoms. The molecule has 1 aromatic rings. The molecule has 0 spiro atoms. The molecule has 4 heteroatoms. The van der Waals surface area contributed by atoms with E-state index in [1.807, 2.05) is 0 Å². The van der Waals surface area contributed by atoms with Gasteiger partial charge in [-0.15, -0.1) is 0 Å². The van der Waals surface area contributed by atoms with Crippen molar-refractivity contribution in [2.45, 2.75) is 96.5 Å². The highest BCUT2D eigenvalue weighted by molar-refractivity contribution is 5.29. The van der Waals surface area contributed by atoms with Gasteiger partial charge in [-0.05, 0) is 48.3 Å². The molecule has 0 N–H and O–H groups in total. The average Bonchev–Trinajstić information content (AvgIpc) is 3.20. The van der Waals surface area contributed by atoms with Crippen LogP contribution in [-0.4, -0.2) is 6.61 Å². The van der Waals surface area contributed by atoms with Crippen molar-refractivity contribution >= 4 is 0 Å². The second kappa shape index (κ2) is 11.1. The number of rotatable bonds is 10. The second-order valence-corrected chi connectivity index (χ2v) is 9.00. The Morgan fingerprint density at radius 3 is 1.96 bits per heavy atom. The molecule has 0 atom stereocenters. The van der Waals surface area contributed by atoms with Gasteiger partial charge in [0.25, 0.3) is 0 Å². The van der Waals surface area contributed by atoms with Crippen LogP contribution in [0.3, 0.4) is 0 Å². The van der Waals surface area contributed by atoms with Gasteiger partial charge in [-0.3, -0.25) is 0 Å². The standard InChI is InChI=1S/C24H35F3O/c25-22-17-21(15-16-23(22)28-24(26)27)14-13-20-11-9-19(10-12-20)8-4-3-7-18-5-1-2-6-18/h15-20,24H,1-14H2. The van der Waals surface area contributed by atoms with Crippen molar-refractivity contribution in [3.05, 3.63) is 29.6 Å². The van der Waals surface area contributed by atoms with Gasteiger partial charge in [-0.25, -0.2) is 4.39 Å². The minimum Gasteiger partial charge on any atom is -0.432 e. The summed E-state index contributed by atoms with van der Waals surface area (Å²) in [6.45, 7) is -2.99. The van der Waals surface area contributed by atoms with Crippen LogP contribution in [0.15, 0.2) is 18.2 Å². The number of unbranched alkanes of at least 4 members (excludes halogenated alkanes) is 1. The molecule has 1 nitrogen and oxygen atoms in total. The van der Waals surface area contributed by atoms with Crippen LogP contribution in [0.1, 0.15) is 89.0 Å². The van der Waals surface area contributed by atoms with E-state index in [4.69, 9.17) is 0 Å². The molecule has 0 aromatic heterocycles. The Hall–Kier alpha value is -1.19. The number of ether oxygens (including phenoxy) is 1. The molecular formula is C24H35F3O. The molecule has 0 radical (unpaired) electrons. The lowest BCUT2D eigenvalue weighted by Crippen LogP contribution is -2.15. The maximum Gasteiger partial charge on any atom is 0.387 e. The van der Waals surface area contributed by atoms with E-state index in [1.165, 1.54) is 89.2 Å². The van der Waals surface area contributed by atoms with Crippen molar-refractivity contribution in [2.75, 3.05) is 0 Å². The van der Waals surface area contributed by atoms with Crippen LogP contribution in [0.25, 0.3) is 0 Å². The summed E-state index contributed by atoms with van der Waals surface area (Å²) in [6.07, 6.45) is 18.6. The van der Waals surface area contributed by atoms with E-state index in [-0.39, 0.29) is 5.75 Å². The summed E-state index contributed by atoms with van der Waals surface area (Å²) in [7, 11) is 0. The topological polar surface area (TPSA) is 9.23 Å². The van der Waals surface area contributed by atoms with Crippen molar-refractivity contribution in [1.29, 1.82) is 0 Å². The van der Waals surface area contributed by atoms with E-state index in [0.29, 0.717) is 0 Å². The largest absolute Gasteiger partial charge is 0.432 e. The lowest BCUT2D eigenvalue weighted by Gasteiger charge is -2.28. The maximum absolute atomic E-state index is 13.8. The first kappa shape index (κ1) is 21.5. The fourth-order valence-corrected chi connectivity index (χ4v) is 5.24. The first-order chi connectivity index (χ1) is 13.6. The Labute approximate surface area is 168 Å².